The summed E-state index contributed by atoms with van der Waals surface area (Å²) < 4.78 is 1.92. The largest absolute Gasteiger partial charge is 0.352 e. The lowest BCUT2D eigenvalue weighted by Crippen LogP contribution is -2.49. The van der Waals surface area contributed by atoms with Gasteiger partial charge in [0.1, 0.15) is 0 Å². The number of nitrogens with zero attached hydrogens (tertiary/aromatic N) is 5. The molecule has 0 aliphatic carbocycles. The summed E-state index contributed by atoms with van der Waals surface area (Å²) in [6.45, 7) is 2.78. The lowest BCUT2D eigenvalue weighted by Gasteiger charge is -2.35. The zero-order chi connectivity index (χ0) is 17.9. The van der Waals surface area contributed by atoms with Crippen molar-refractivity contribution in [2.24, 2.45) is 0 Å². The van der Waals surface area contributed by atoms with Crippen molar-refractivity contribution in [2.75, 3.05) is 31.1 Å². The van der Waals surface area contributed by atoms with Gasteiger partial charge in [-0.15, -0.1) is 10.2 Å². The SMILES string of the molecule is O=C(c1ccc(Cl)cc1)N1CCN(c2ccc(-n3cccc3)nn2)CC1. The summed E-state index contributed by atoms with van der Waals surface area (Å²) in [4.78, 5) is 16.6. The highest BCUT2D eigenvalue weighted by atomic mass is 35.5. The lowest BCUT2D eigenvalue weighted by atomic mass is 10.2. The van der Waals surface area contributed by atoms with Crippen LogP contribution in [-0.4, -0.2) is 51.8 Å². The van der Waals surface area contributed by atoms with Crippen LogP contribution in [0.3, 0.4) is 0 Å². The first-order valence-electron chi connectivity index (χ1n) is 8.47. The van der Waals surface area contributed by atoms with Gasteiger partial charge in [-0.3, -0.25) is 4.79 Å². The number of hydrogen-bond donors (Lipinski definition) is 0. The van der Waals surface area contributed by atoms with Crippen LogP contribution in [0.1, 0.15) is 10.4 Å². The van der Waals surface area contributed by atoms with Gasteiger partial charge in [0.2, 0.25) is 0 Å². The van der Waals surface area contributed by atoms with E-state index in [9.17, 15) is 4.79 Å². The molecule has 6 nitrogen and oxygen atoms in total. The summed E-state index contributed by atoms with van der Waals surface area (Å²) in [5.74, 6) is 1.66. The van der Waals surface area contributed by atoms with Crippen molar-refractivity contribution >= 4 is 23.3 Å². The first-order chi connectivity index (χ1) is 12.7. The van der Waals surface area contributed by atoms with E-state index in [0.29, 0.717) is 23.7 Å². The average molecular weight is 368 g/mol. The Morgan fingerprint density at radius 1 is 0.846 bits per heavy atom. The van der Waals surface area contributed by atoms with E-state index in [0.717, 1.165) is 24.7 Å². The normalized spacial score (nSPS) is 14.5. The van der Waals surface area contributed by atoms with Gasteiger partial charge in [0.05, 0.1) is 0 Å². The van der Waals surface area contributed by atoms with Crippen LogP contribution in [0.15, 0.2) is 60.9 Å². The van der Waals surface area contributed by atoms with Crippen molar-refractivity contribution in [3.8, 4) is 5.82 Å². The second-order valence-electron chi connectivity index (χ2n) is 6.13. The quantitative estimate of drug-likeness (QED) is 0.714. The van der Waals surface area contributed by atoms with E-state index >= 15 is 0 Å². The summed E-state index contributed by atoms with van der Waals surface area (Å²) in [6.07, 6.45) is 3.87. The van der Waals surface area contributed by atoms with E-state index < -0.39 is 0 Å². The van der Waals surface area contributed by atoms with Crippen molar-refractivity contribution in [3.05, 3.63) is 71.5 Å². The van der Waals surface area contributed by atoms with Gasteiger partial charge in [0.15, 0.2) is 11.6 Å². The fourth-order valence-electron chi connectivity index (χ4n) is 3.03. The van der Waals surface area contributed by atoms with Gasteiger partial charge in [0, 0.05) is 49.2 Å². The zero-order valence-electron chi connectivity index (χ0n) is 14.1. The smallest absolute Gasteiger partial charge is 0.253 e. The van der Waals surface area contributed by atoms with Crippen LogP contribution >= 0.6 is 11.6 Å². The van der Waals surface area contributed by atoms with E-state index in [1.54, 1.807) is 24.3 Å². The number of rotatable bonds is 3. The number of carbonyl (C=O) groups is 1. The maximum atomic E-state index is 12.6. The average Bonchev–Trinajstić information content (AvgIpc) is 3.23. The molecule has 0 N–H and O–H groups in total. The number of anilines is 1. The van der Waals surface area contributed by atoms with E-state index in [1.807, 2.05) is 46.1 Å². The molecule has 1 aliphatic heterocycles. The van der Waals surface area contributed by atoms with Gasteiger partial charge in [0.25, 0.3) is 5.91 Å². The molecule has 0 unspecified atom stereocenters. The standard InChI is InChI=1S/C19H18ClN5O/c20-16-5-3-15(4-6-16)19(26)25-13-11-24(12-14-25)18-8-7-17(21-22-18)23-9-1-2-10-23/h1-10H,11-14H2. The summed E-state index contributed by atoms with van der Waals surface area (Å²) >= 11 is 5.89. The minimum atomic E-state index is 0.0374. The highest BCUT2D eigenvalue weighted by molar-refractivity contribution is 6.30. The first-order valence-corrected chi connectivity index (χ1v) is 8.85. The van der Waals surface area contributed by atoms with Crippen LogP contribution in [0, 0.1) is 0 Å². The monoisotopic (exact) mass is 367 g/mol. The zero-order valence-corrected chi connectivity index (χ0v) is 14.9. The Labute approximate surface area is 156 Å². The van der Waals surface area contributed by atoms with Gasteiger partial charge >= 0.3 is 0 Å². The molecule has 3 heterocycles. The molecule has 7 heteroatoms. The lowest BCUT2D eigenvalue weighted by molar-refractivity contribution is 0.0746. The predicted molar refractivity (Wildman–Crippen MR) is 101 cm³/mol. The Hall–Kier alpha value is -2.86. The summed E-state index contributed by atoms with van der Waals surface area (Å²) in [6, 6.07) is 14.8. The van der Waals surface area contributed by atoms with Crippen LogP contribution in [0.4, 0.5) is 5.82 Å². The van der Waals surface area contributed by atoms with Crippen molar-refractivity contribution in [2.45, 2.75) is 0 Å². The molecule has 0 saturated carbocycles. The molecule has 1 amide bonds. The molecule has 1 fully saturated rings. The molecule has 4 rings (SSSR count). The molecule has 1 aliphatic rings. The minimum Gasteiger partial charge on any atom is -0.352 e. The van der Waals surface area contributed by atoms with Gasteiger partial charge in [-0.25, -0.2) is 0 Å². The number of halogens is 1. The van der Waals surface area contributed by atoms with Crippen molar-refractivity contribution in [1.82, 2.24) is 19.7 Å². The minimum absolute atomic E-state index is 0.0374. The first kappa shape index (κ1) is 16.6. The summed E-state index contributed by atoms with van der Waals surface area (Å²) in [7, 11) is 0. The molecular formula is C19H18ClN5O. The molecule has 26 heavy (non-hydrogen) atoms. The molecule has 0 atom stereocenters. The van der Waals surface area contributed by atoms with Gasteiger partial charge in [-0.2, -0.15) is 0 Å². The van der Waals surface area contributed by atoms with Gasteiger partial charge in [-0.1, -0.05) is 11.6 Å². The highest BCUT2D eigenvalue weighted by Crippen LogP contribution is 2.17. The van der Waals surface area contributed by atoms with Gasteiger partial charge < -0.3 is 14.4 Å². The van der Waals surface area contributed by atoms with Crippen molar-refractivity contribution in [3.63, 3.8) is 0 Å². The maximum absolute atomic E-state index is 12.6. The molecule has 0 spiro atoms. The highest BCUT2D eigenvalue weighted by Gasteiger charge is 2.23. The van der Waals surface area contributed by atoms with E-state index in [2.05, 4.69) is 15.1 Å². The molecule has 3 aromatic rings. The second kappa shape index (κ2) is 7.17. The number of carbonyl (C=O) groups excluding carboxylic acids is 1. The van der Waals surface area contributed by atoms with Crippen LogP contribution < -0.4 is 4.90 Å². The van der Waals surface area contributed by atoms with Crippen molar-refractivity contribution < 1.29 is 4.79 Å². The Morgan fingerprint density at radius 3 is 2.08 bits per heavy atom. The fraction of sp³-hybridized carbons (Fsp3) is 0.211. The number of benzene rings is 1. The third-order valence-corrected chi connectivity index (χ3v) is 4.74. The van der Waals surface area contributed by atoms with Crippen molar-refractivity contribution in [1.29, 1.82) is 0 Å². The van der Waals surface area contributed by atoms with E-state index in [4.69, 9.17) is 11.6 Å². The topological polar surface area (TPSA) is 54.3 Å². The number of piperazine rings is 1. The van der Waals surface area contributed by atoms with Crippen LogP contribution in [-0.2, 0) is 0 Å². The Bertz CT molecular complexity index is 869. The summed E-state index contributed by atoms with van der Waals surface area (Å²) in [5.41, 5.74) is 0.665. The number of aromatic nitrogens is 3. The Kier molecular flexibility index (Phi) is 4.58. The third-order valence-electron chi connectivity index (χ3n) is 4.49. The second-order valence-corrected chi connectivity index (χ2v) is 6.56. The fourth-order valence-corrected chi connectivity index (χ4v) is 3.15. The Morgan fingerprint density at radius 2 is 1.46 bits per heavy atom. The van der Waals surface area contributed by atoms with Crippen LogP contribution in [0.5, 0.6) is 0 Å². The maximum Gasteiger partial charge on any atom is 0.253 e. The van der Waals surface area contributed by atoms with E-state index in [1.165, 1.54) is 0 Å². The summed E-state index contributed by atoms with van der Waals surface area (Å²) in [5, 5.41) is 9.25. The molecule has 2 aromatic heterocycles. The molecule has 0 radical (unpaired) electrons. The molecular weight excluding hydrogens is 350 g/mol. The number of amides is 1. The van der Waals surface area contributed by atoms with Crippen LogP contribution in [0.25, 0.3) is 5.82 Å². The third kappa shape index (κ3) is 3.41. The van der Waals surface area contributed by atoms with E-state index in [-0.39, 0.29) is 5.91 Å². The van der Waals surface area contributed by atoms with Crippen LogP contribution in [0.2, 0.25) is 5.02 Å². The van der Waals surface area contributed by atoms with Gasteiger partial charge in [-0.05, 0) is 48.5 Å². The number of hydrogen-bond acceptors (Lipinski definition) is 4. The molecule has 132 valence electrons. The molecule has 0 bridgehead atoms. The molecule has 1 saturated heterocycles. The predicted octanol–water partition coefficient (Wildman–Crippen LogP) is 2.88. The Balaban J connectivity index is 1.39. The molecule has 1 aromatic carbocycles.